The summed E-state index contributed by atoms with van der Waals surface area (Å²) in [6, 6.07) is 0. The summed E-state index contributed by atoms with van der Waals surface area (Å²) < 4.78 is 31.7. The lowest BCUT2D eigenvalue weighted by atomic mass is 10.3. The van der Waals surface area contributed by atoms with Gasteiger partial charge in [-0.1, -0.05) is 12.2 Å². The third kappa shape index (κ3) is 5.53. The predicted octanol–water partition coefficient (Wildman–Crippen LogP) is -0.460. The molecule has 1 fully saturated rings. The molecule has 1 saturated heterocycles. The second-order valence-electron chi connectivity index (χ2n) is 3.32. The van der Waals surface area contributed by atoms with Crippen LogP contribution in [0.5, 0.6) is 0 Å². The van der Waals surface area contributed by atoms with Crippen molar-refractivity contribution < 1.29 is 17.3 Å². The van der Waals surface area contributed by atoms with Crippen LogP contribution in [0.2, 0.25) is 0 Å². The molecular weight excluding hydrogens is 238 g/mol. The molecule has 0 spiro atoms. The molecule has 7 heteroatoms. The Morgan fingerprint density at radius 3 is 2.60 bits per heavy atom. The first-order chi connectivity index (χ1) is 7.01. The third-order valence-electron chi connectivity index (χ3n) is 1.95. The average Bonchev–Trinajstić information content (AvgIpc) is 2.16. The number of ether oxygens (including phenoxy) is 1. The summed E-state index contributed by atoms with van der Waals surface area (Å²) in [5.74, 6) is 0. The molecule has 0 saturated carbocycles. The molecule has 1 unspecified atom stereocenters. The van der Waals surface area contributed by atoms with Crippen LogP contribution < -0.4 is 0 Å². The minimum Gasteiger partial charge on any atom is -0.379 e. The van der Waals surface area contributed by atoms with Crippen molar-refractivity contribution in [2.45, 2.75) is 6.10 Å². The van der Waals surface area contributed by atoms with Crippen molar-refractivity contribution in [1.29, 1.82) is 0 Å². The molecular formula is C8H14NO4S2. The fourth-order valence-electron chi connectivity index (χ4n) is 1.32. The molecule has 0 bridgehead atoms. The van der Waals surface area contributed by atoms with E-state index in [9.17, 15) is 8.42 Å². The largest absolute Gasteiger partial charge is 0.379 e. The van der Waals surface area contributed by atoms with Crippen LogP contribution >= 0.6 is 12.2 Å². The molecule has 0 aliphatic carbocycles. The molecule has 0 aromatic rings. The maximum Gasteiger partial charge on any atom is 0.265 e. The summed E-state index contributed by atoms with van der Waals surface area (Å²) in [5, 5.41) is 2.41. The number of hydrogen-bond donors (Lipinski definition) is 0. The number of nitrogens with zero attached hydrogens (tertiary/aromatic N) is 1. The normalized spacial score (nSPS) is 21.1. The maximum atomic E-state index is 10.9. The van der Waals surface area contributed by atoms with E-state index in [1.165, 1.54) is 0 Å². The van der Waals surface area contributed by atoms with Crippen LogP contribution in [0.1, 0.15) is 0 Å². The van der Waals surface area contributed by atoms with E-state index in [-0.39, 0.29) is 0 Å². The number of rotatable bonds is 5. The van der Waals surface area contributed by atoms with E-state index >= 15 is 0 Å². The Morgan fingerprint density at radius 1 is 1.53 bits per heavy atom. The first-order valence-corrected chi connectivity index (χ1v) is 6.80. The molecule has 1 radical (unpaired) electrons. The van der Waals surface area contributed by atoms with Crippen molar-refractivity contribution >= 4 is 27.7 Å². The third-order valence-corrected chi connectivity index (χ3v) is 2.79. The summed E-state index contributed by atoms with van der Waals surface area (Å²) in [4.78, 5) is 2.04. The van der Waals surface area contributed by atoms with E-state index in [0.29, 0.717) is 19.8 Å². The van der Waals surface area contributed by atoms with Gasteiger partial charge in [0.1, 0.15) is 6.10 Å². The van der Waals surface area contributed by atoms with E-state index in [0.717, 1.165) is 19.3 Å². The zero-order chi connectivity index (χ0) is 11.3. The molecule has 5 nitrogen and oxygen atoms in total. The minimum atomic E-state index is -3.47. The monoisotopic (exact) mass is 252 g/mol. The summed E-state index contributed by atoms with van der Waals surface area (Å²) in [7, 11) is -3.47. The molecule has 0 N–H and O–H groups in total. The maximum absolute atomic E-state index is 10.9. The van der Waals surface area contributed by atoms with Crippen LogP contribution in [0.25, 0.3) is 0 Å². The average molecular weight is 252 g/mol. The first-order valence-electron chi connectivity index (χ1n) is 4.57. The summed E-state index contributed by atoms with van der Waals surface area (Å²) in [5.41, 5.74) is 0. The minimum absolute atomic E-state index is 0.444. The van der Waals surface area contributed by atoms with E-state index in [1.807, 2.05) is 4.90 Å². The molecule has 15 heavy (non-hydrogen) atoms. The molecule has 0 aromatic heterocycles. The standard InChI is InChI=1S/C8H14NO4S2/c1-15(10,11)13-8(7-14)6-9-2-4-12-5-3-9/h8H,2-6H2,1H3. The Morgan fingerprint density at radius 2 is 2.13 bits per heavy atom. The highest BCUT2D eigenvalue weighted by molar-refractivity contribution is 7.86. The lowest BCUT2D eigenvalue weighted by Gasteiger charge is -2.28. The van der Waals surface area contributed by atoms with Crippen molar-refractivity contribution in [2.75, 3.05) is 39.1 Å². The van der Waals surface area contributed by atoms with Crippen LogP contribution in [0.3, 0.4) is 0 Å². The van der Waals surface area contributed by atoms with Crippen molar-refractivity contribution in [3.05, 3.63) is 0 Å². The van der Waals surface area contributed by atoms with Crippen molar-refractivity contribution in [3.63, 3.8) is 0 Å². The lowest BCUT2D eigenvalue weighted by Crippen LogP contribution is -2.42. The van der Waals surface area contributed by atoms with E-state index in [1.54, 1.807) is 0 Å². The fraction of sp³-hybridized carbons (Fsp3) is 0.875. The van der Waals surface area contributed by atoms with Gasteiger partial charge < -0.3 is 4.74 Å². The van der Waals surface area contributed by atoms with Crippen LogP contribution in [-0.2, 0) is 19.0 Å². The Hall–Kier alpha value is -0.0800. The highest BCUT2D eigenvalue weighted by Gasteiger charge is 2.19. The van der Waals surface area contributed by atoms with E-state index in [4.69, 9.17) is 8.92 Å². The fourth-order valence-corrected chi connectivity index (χ4v) is 2.03. The van der Waals surface area contributed by atoms with Gasteiger partial charge in [-0.05, 0) is 0 Å². The molecule has 1 rings (SSSR count). The zero-order valence-electron chi connectivity index (χ0n) is 8.51. The van der Waals surface area contributed by atoms with Crippen molar-refractivity contribution in [1.82, 2.24) is 4.90 Å². The summed E-state index contributed by atoms with van der Waals surface area (Å²) in [6.07, 6.45) is 0.333. The van der Waals surface area contributed by atoms with Gasteiger partial charge >= 0.3 is 0 Å². The quantitative estimate of drug-likeness (QED) is 0.487. The Bertz CT molecular complexity index is 298. The first kappa shape index (κ1) is 13.0. The van der Waals surface area contributed by atoms with Gasteiger partial charge in [-0.25, -0.2) is 0 Å². The molecule has 1 atom stereocenters. The molecule has 1 heterocycles. The van der Waals surface area contributed by atoms with Gasteiger partial charge in [0, 0.05) is 19.6 Å². The van der Waals surface area contributed by atoms with Gasteiger partial charge in [0.2, 0.25) is 0 Å². The van der Waals surface area contributed by atoms with Crippen LogP contribution in [0.4, 0.5) is 0 Å². The summed E-state index contributed by atoms with van der Waals surface area (Å²) in [6.45, 7) is 3.28. The Labute approximate surface area is 95.5 Å². The van der Waals surface area contributed by atoms with Crippen molar-refractivity contribution in [3.8, 4) is 0 Å². The molecule has 1 aliphatic rings. The molecule has 0 aromatic carbocycles. The van der Waals surface area contributed by atoms with Crippen LogP contribution in [0, 0.1) is 0 Å². The Balaban J connectivity index is 2.42. The van der Waals surface area contributed by atoms with Crippen LogP contribution in [0.15, 0.2) is 0 Å². The topological polar surface area (TPSA) is 55.8 Å². The van der Waals surface area contributed by atoms with Gasteiger partial charge in [0.25, 0.3) is 10.1 Å². The second-order valence-corrected chi connectivity index (χ2v) is 5.16. The molecule has 87 valence electrons. The smallest absolute Gasteiger partial charge is 0.265 e. The molecule has 1 aliphatic heterocycles. The number of hydrogen-bond acceptors (Lipinski definition) is 6. The van der Waals surface area contributed by atoms with Gasteiger partial charge in [-0.3, -0.25) is 9.08 Å². The highest BCUT2D eigenvalue weighted by Crippen LogP contribution is 2.02. The zero-order valence-corrected chi connectivity index (χ0v) is 10.1. The van der Waals surface area contributed by atoms with Gasteiger partial charge in [0.15, 0.2) is 0 Å². The lowest BCUT2D eigenvalue weighted by molar-refractivity contribution is 0.0285. The van der Waals surface area contributed by atoms with E-state index < -0.39 is 16.2 Å². The predicted molar refractivity (Wildman–Crippen MR) is 59.6 cm³/mol. The SMILES string of the molecule is CS(=O)(=O)OC([C]=S)CN1CCOCC1. The van der Waals surface area contributed by atoms with Gasteiger partial charge in [0.05, 0.1) is 24.8 Å². The molecule has 0 amide bonds. The van der Waals surface area contributed by atoms with Gasteiger partial charge in [-0.15, -0.1) is 0 Å². The highest BCUT2D eigenvalue weighted by atomic mass is 32.2. The number of morpholine rings is 1. The summed E-state index contributed by atoms with van der Waals surface area (Å²) >= 11 is 4.61. The Kier molecular flexibility index (Phi) is 5.07. The second kappa shape index (κ2) is 5.86. The van der Waals surface area contributed by atoms with Crippen LogP contribution in [-0.4, -0.2) is 63.9 Å². The van der Waals surface area contributed by atoms with Crippen molar-refractivity contribution in [2.24, 2.45) is 0 Å². The van der Waals surface area contributed by atoms with Gasteiger partial charge in [-0.2, -0.15) is 8.42 Å². The number of thiocarbonyl (C=S) groups is 1. The van der Waals surface area contributed by atoms with E-state index in [2.05, 4.69) is 17.6 Å².